The summed E-state index contributed by atoms with van der Waals surface area (Å²) in [4.78, 5) is 17.0. The molecule has 0 fully saturated rings. The second kappa shape index (κ2) is 3.01. The van der Waals surface area contributed by atoms with Gasteiger partial charge in [0.2, 0.25) is 0 Å². The number of hydrogen-bond acceptors (Lipinski definition) is 3. The highest BCUT2D eigenvalue weighted by Gasteiger charge is 2.18. The monoisotopic (exact) mass is 174 g/mol. The first kappa shape index (κ1) is 7.98. The number of pyridine rings is 1. The molecule has 0 aliphatic carbocycles. The Balaban J connectivity index is 2.37. The van der Waals surface area contributed by atoms with Crippen LogP contribution in [0.2, 0.25) is 0 Å². The molecule has 0 unspecified atom stereocenters. The lowest BCUT2D eigenvalue weighted by Crippen LogP contribution is -2.15. The fourth-order valence-corrected chi connectivity index (χ4v) is 1.45. The zero-order valence-corrected chi connectivity index (χ0v) is 7.40. The maximum atomic E-state index is 11.1. The maximum absolute atomic E-state index is 11.1. The summed E-state index contributed by atoms with van der Waals surface area (Å²) >= 11 is 0. The van der Waals surface area contributed by atoms with Gasteiger partial charge in [-0.1, -0.05) is 0 Å². The van der Waals surface area contributed by atoms with Crippen molar-refractivity contribution in [3.63, 3.8) is 0 Å². The van der Waals surface area contributed by atoms with Gasteiger partial charge in [-0.2, -0.15) is 0 Å². The summed E-state index contributed by atoms with van der Waals surface area (Å²) in [6.07, 6.45) is 5.15. The van der Waals surface area contributed by atoms with E-state index in [4.69, 9.17) is 0 Å². The van der Waals surface area contributed by atoms with Crippen molar-refractivity contribution in [2.24, 2.45) is 0 Å². The van der Waals surface area contributed by atoms with Crippen LogP contribution in [0.25, 0.3) is 5.70 Å². The van der Waals surface area contributed by atoms with Gasteiger partial charge in [-0.15, -0.1) is 0 Å². The van der Waals surface area contributed by atoms with Crippen molar-refractivity contribution >= 4 is 11.5 Å². The van der Waals surface area contributed by atoms with Crippen LogP contribution in [0, 0.1) is 0 Å². The van der Waals surface area contributed by atoms with E-state index in [1.54, 1.807) is 18.5 Å². The first-order valence-corrected chi connectivity index (χ1v) is 4.13. The Morgan fingerprint density at radius 2 is 2.38 bits per heavy atom. The van der Waals surface area contributed by atoms with Crippen molar-refractivity contribution in [3.05, 3.63) is 36.2 Å². The molecule has 0 bridgehead atoms. The summed E-state index contributed by atoms with van der Waals surface area (Å²) < 4.78 is 0. The van der Waals surface area contributed by atoms with Gasteiger partial charge in [0.25, 0.3) is 0 Å². The molecule has 0 radical (unpaired) electrons. The van der Waals surface area contributed by atoms with Gasteiger partial charge in [-0.3, -0.25) is 9.78 Å². The van der Waals surface area contributed by atoms with E-state index in [0.29, 0.717) is 6.54 Å². The van der Waals surface area contributed by atoms with Crippen LogP contribution in [-0.2, 0) is 4.79 Å². The molecule has 0 N–H and O–H groups in total. The summed E-state index contributed by atoms with van der Waals surface area (Å²) in [7, 11) is 1.91. The molecule has 1 aromatic rings. The first-order valence-electron chi connectivity index (χ1n) is 4.13. The zero-order chi connectivity index (χ0) is 9.26. The molecule has 1 aliphatic heterocycles. The van der Waals surface area contributed by atoms with Crippen LogP contribution in [-0.4, -0.2) is 29.3 Å². The molecule has 1 aromatic heterocycles. The average molecular weight is 174 g/mol. The van der Waals surface area contributed by atoms with Crippen molar-refractivity contribution in [1.82, 2.24) is 9.88 Å². The Hall–Kier alpha value is -1.64. The minimum Gasteiger partial charge on any atom is -0.366 e. The highest BCUT2D eigenvalue weighted by molar-refractivity contribution is 6.02. The van der Waals surface area contributed by atoms with Crippen molar-refractivity contribution in [2.75, 3.05) is 13.6 Å². The number of likely N-dealkylation sites (N-methyl/N-ethyl adjacent to an activating group) is 1. The largest absolute Gasteiger partial charge is 0.366 e. The van der Waals surface area contributed by atoms with Gasteiger partial charge in [-0.05, 0) is 12.1 Å². The van der Waals surface area contributed by atoms with Crippen molar-refractivity contribution < 1.29 is 4.79 Å². The molecule has 3 nitrogen and oxygen atoms in total. The molecule has 0 saturated carbocycles. The van der Waals surface area contributed by atoms with Gasteiger partial charge in [0, 0.05) is 36.8 Å². The molecule has 0 saturated heterocycles. The summed E-state index contributed by atoms with van der Waals surface area (Å²) in [5.41, 5.74) is 1.95. The first-order chi connectivity index (χ1) is 6.27. The summed E-state index contributed by atoms with van der Waals surface area (Å²) in [6.45, 7) is 0.476. The lowest BCUT2D eigenvalue weighted by molar-refractivity contribution is -0.114. The Labute approximate surface area is 76.7 Å². The minimum atomic E-state index is 0.154. The number of ketones is 1. The quantitative estimate of drug-likeness (QED) is 0.635. The normalized spacial score (nSPS) is 16.2. The fourth-order valence-electron chi connectivity index (χ4n) is 1.45. The van der Waals surface area contributed by atoms with Crippen LogP contribution in [0.1, 0.15) is 5.56 Å². The molecular weight excluding hydrogens is 164 g/mol. The maximum Gasteiger partial charge on any atom is 0.176 e. The third-order valence-electron chi connectivity index (χ3n) is 2.06. The van der Waals surface area contributed by atoms with Crippen LogP contribution in [0.3, 0.4) is 0 Å². The smallest absolute Gasteiger partial charge is 0.176 e. The number of rotatable bonds is 1. The minimum absolute atomic E-state index is 0.154. The highest BCUT2D eigenvalue weighted by atomic mass is 16.1. The number of aromatic nitrogens is 1. The van der Waals surface area contributed by atoms with E-state index < -0.39 is 0 Å². The van der Waals surface area contributed by atoms with E-state index >= 15 is 0 Å². The van der Waals surface area contributed by atoms with Crippen LogP contribution in [0.5, 0.6) is 0 Å². The van der Waals surface area contributed by atoms with Crippen molar-refractivity contribution in [3.8, 4) is 0 Å². The van der Waals surface area contributed by atoms with E-state index in [9.17, 15) is 4.79 Å². The molecule has 13 heavy (non-hydrogen) atoms. The molecule has 0 amide bonds. The van der Waals surface area contributed by atoms with Crippen molar-refractivity contribution in [2.45, 2.75) is 0 Å². The molecule has 1 aliphatic rings. The third kappa shape index (κ3) is 1.45. The third-order valence-corrected chi connectivity index (χ3v) is 2.06. The Bertz CT molecular complexity index is 356. The number of carbonyl (C=O) groups excluding carboxylic acids is 1. The highest BCUT2D eigenvalue weighted by Crippen LogP contribution is 2.20. The van der Waals surface area contributed by atoms with E-state index in [1.807, 2.05) is 24.1 Å². The SMILES string of the molecule is CN1CC(=O)C=C1c1cccnc1. The standard InChI is InChI=1S/C10H10N2O/c1-12-7-9(13)5-10(12)8-3-2-4-11-6-8/h2-6H,7H2,1H3. The average Bonchev–Trinajstić information content (AvgIpc) is 2.47. The molecule has 2 heterocycles. The lowest BCUT2D eigenvalue weighted by Gasteiger charge is -2.14. The zero-order valence-electron chi connectivity index (χ0n) is 7.40. The van der Waals surface area contributed by atoms with Gasteiger partial charge in [0.05, 0.1) is 6.54 Å². The Kier molecular flexibility index (Phi) is 1.85. The Morgan fingerprint density at radius 3 is 2.92 bits per heavy atom. The fraction of sp³-hybridized carbons (Fsp3) is 0.200. The van der Waals surface area contributed by atoms with Crippen LogP contribution < -0.4 is 0 Å². The molecule has 0 spiro atoms. The predicted molar refractivity (Wildman–Crippen MR) is 49.9 cm³/mol. The van der Waals surface area contributed by atoms with E-state index in [1.165, 1.54) is 0 Å². The van der Waals surface area contributed by atoms with Crippen LogP contribution >= 0.6 is 0 Å². The molecule has 0 aromatic carbocycles. The van der Waals surface area contributed by atoms with Gasteiger partial charge in [-0.25, -0.2) is 0 Å². The van der Waals surface area contributed by atoms with Gasteiger partial charge in [0.1, 0.15) is 0 Å². The number of nitrogens with zero attached hydrogens (tertiary/aromatic N) is 2. The number of hydrogen-bond donors (Lipinski definition) is 0. The summed E-state index contributed by atoms with van der Waals surface area (Å²) in [5, 5.41) is 0. The lowest BCUT2D eigenvalue weighted by atomic mass is 10.2. The summed E-state index contributed by atoms with van der Waals surface area (Å²) in [6, 6.07) is 3.82. The van der Waals surface area contributed by atoms with Gasteiger partial charge >= 0.3 is 0 Å². The van der Waals surface area contributed by atoms with E-state index in [2.05, 4.69) is 4.98 Å². The van der Waals surface area contributed by atoms with Gasteiger partial charge in [0.15, 0.2) is 5.78 Å². The molecule has 0 atom stereocenters. The van der Waals surface area contributed by atoms with Gasteiger partial charge < -0.3 is 4.90 Å². The predicted octanol–water partition coefficient (Wildman–Crippen LogP) is 0.937. The number of carbonyl (C=O) groups is 1. The Morgan fingerprint density at radius 1 is 1.54 bits per heavy atom. The van der Waals surface area contributed by atoms with Crippen LogP contribution in [0.15, 0.2) is 30.6 Å². The molecule has 3 heteroatoms. The van der Waals surface area contributed by atoms with E-state index in [0.717, 1.165) is 11.3 Å². The molecular formula is C10H10N2O. The second-order valence-corrected chi connectivity index (χ2v) is 3.09. The molecule has 66 valence electrons. The van der Waals surface area contributed by atoms with Crippen LogP contribution in [0.4, 0.5) is 0 Å². The second-order valence-electron chi connectivity index (χ2n) is 3.09. The molecule has 2 rings (SSSR count). The van der Waals surface area contributed by atoms with Crippen molar-refractivity contribution in [1.29, 1.82) is 0 Å². The van der Waals surface area contributed by atoms with E-state index in [-0.39, 0.29) is 5.78 Å². The summed E-state index contributed by atoms with van der Waals surface area (Å²) in [5.74, 6) is 0.154. The topological polar surface area (TPSA) is 33.2 Å².